The van der Waals surface area contributed by atoms with Crippen LogP contribution in [0.4, 0.5) is 4.39 Å². The number of allylic oxidation sites excluding steroid dienone is 1. The molecule has 3 aromatic rings. The minimum atomic E-state index is -0.388. The molecule has 0 radical (unpaired) electrons. The summed E-state index contributed by atoms with van der Waals surface area (Å²) in [6.07, 6.45) is -0.354. The second-order valence-corrected chi connectivity index (χ2v) is 10.4. The summed E-state index contributed by atoms with van der Waals surface area (Å²) in [7, 11) is 0. The number of benzene rings is 3. The Kier molecular flexibility index (Phi) is 6.57. The van der Waals surface area contributed by atoms with Crippen LogP contribution in [-0.2, 0) is 4.74 Å². The van der Waals surface area contributed by atoms with Crippen molar-refractivity contribution in [1.29, 1.82) is 0 Å². The highest BCUT2D eigenvalue weighted by Crippen LogP contribution is 2.49. The lowest BCUT2D eigenvalue weighted by Crippen LogP contribution is -2.49. The van der Waals surface area contributed by atoms with E-state index < -0.39 is 0 Å². The van der Waals surface area contributed by atoms with Crippen molar-refractivity contribution in [2.75, 3.05) is 39.5 Å². The van der Waals surface area contributed by atoms with Crippen LogP contribution in [0.5, 0.6) is 17.2 Å². The Hall–Kier alpha value is -3.06. The molecule has 3 aliphatic rings. The number of ether oxygens (including phenoxy) is 3. The topological polar surface area (TPSA) is 54.5 Å². The van der Waals surface area contributed by atoms with E-state index in [-0.39, 0.29) is 30.5 Å². The summed E-state index contributed by atoms with van der Waals surface area (Å²) in [5.41, 5.74) is 5.87. The fourth-order valence-corrected chi connectivity index (χ4v) is 5.50. The van der Waals surface area contributed by atoms with Crippen LogP contribution in [0.2, 0.25) is 5.02 Å². The van der Waals surface area contributed by atoms with E-state index in [9.17, 15) is 9.50 Å². The molecule has 0 aliphatic carbocycles. The number of rotatable bonds is 8. The van der Waals surface area contributed by atoms with E-state index in [2.05, 4.69) is 17.9 Å². The van der Waals surface area contributed by atoms with Gasteiger partial charge in [-0.25, -0.2) is 0 Å². The number of likely N-dealkylation sites (tertiary alicyclic amines) is 1. The van der Waals surface area contributed by atoms with Gasteiger partial charge in [-0.15, -0.1) is 0 Å². The molecule has 2 fully saturated rings. The highest BCUT2D eigenvalue weighted by Gasteiger charge is 2.33. The molecule has 37 heavy (non-hydrogen) atoms. The normalized spacial score (nSPS) is 21.3. The summed E-state index contributed by atoms with van der Waals surface area (Å²) in [5.74, 6) is 1.89. The van der Waals surface area contributed by atoms with Crippen molar-refractivity contribution in [2.45, 2.75) is 19.1 Å². The molecule has 2 atom stereocenters. The molecule has 0 aromatic heterocycles. The van der Waals surface area contributed by atoms with E-state index in [1.54, 1.807) is 12.1 Å². The van der Waals surface area contributed by atoms with E-state index in [0.29, 0.717) is 18.2 Å². The summed E-state index contributed by atoms with van der Waals surface area (Å²) in [6, 6.07) is 19.1. The maximum atomic E-state index is 12.6. The van der Waals surface area contributed by atoms with Crippen LogP contribution in [0, 0.1) is 5.92 Å². The standard InChI is InChI=1S/C30H29ClFNO4/c1-18-24-12-25(28-17-36-28)26(31)13-27(24)37-30(29(18)21-3-2-4-22(34)11-21)20-5-7-23(8-6-20)35-10-9-33-15-19(14-32)16-33/h2-8,11-13,19,28,30,34H,9-10,14-17H2,1H3/t28?,30-/m0/s1. The van der Waals surface area contributed by atoms with Gasteiger partial charge in [0.25, 0.3) is 0 Å². The quantitative estimate of drug-likeness (QED) is 0.345. The summed E-state index contributed by atoms with van der Waals surface area (Å²) in [5, 5.41) is 10.9. The SMILES string of the molecule is CC1=C(c2cccc(O)c2)[C@H](c2ccc(OCCN3CC(CF)C3)cc2)Oc2cc(Cl)c(C3CO3)cc21. The summed E-state index contributed by atoms with van der Waals surface area (Å²) in [6.45, 7) is 5.48. The second kappa shape index (κ2) is 10.0. The summed E-state index contributed by atoms with van der Waals surface area (Å²) in [4.78, 5) is 2.20. The Labute approximate surface area is 221 Å². The van der Waals surface area contributed by atoms with Crippen LogP contribution in [0.15, 0.2) is 60.7 Å². The number of halogens is 2. The molecule has 3 heterocycles. The van der Waals surface area contributed by atoms with Gasteiger partial charge in [-0.1, -0.05) is 35.9 Å². The van der Waals surface area contributed by atoms with Gasteiger partial charge in [0, 0.05) is 42.3 Å². The van der Waals surface area contributed by atoms with Crippen LogP contribution < -0.4 is 9.47 Å². The van der Waals surface area contributed by atoms with Gasteiger partial charge >= 0.3 is 0 Å². The van der Waals surface area contributed by atoms with Crippen molar-refractivity contribution in [3.63, 3.8) is 0 Å². The number of phenolic OH excluding ortho intramolecular Hbond substituents is 1. The van der Waals surface area contributed by atoms with Crippen LogP contribution >= 0.6 is 11.6 Å². The molecule has 0 saturated carbocycles. The maximum Gasteiger partial charge on any atom is 0.150 e. The smallest absolute Gasteiger partial charge is 0.150 e. The van der Waals surface area contributed by atoms with Crippen molar-refractivity contribution in [1.82, 2.24) is 4.90 Å². The zero-order valence-electron chi connectivity index (χ0n) is 20.6. The molecule has 7 heteroatoms. The molecule has 6 rings (SSSR count). The number of fused-ring (bicyclic) bond motifs is 1. The Morgan fingerprint density at radius 2 is 1.89 bits per heavy atom. The van der Waals surface area contributed by atoms with Gasteiger partial charge in [-0.2, -0.15) is 0 Å². The number of hydrogen-bond donors (Lipinski definition) is 1. The average Bonchev–Trinajstić information content (AvgIpc) is 3.71. The molecule has 5 nitrogen and oxygen atoms in total. The fourth-order valence-electron chi connectivity index (χ4n) is 5.23. The molecule has 0 spiro atoms. The predicted octanol–water partition coefficient (Wildman–Crippen LogP) is 6.46. The lowest BCUT2D eigenvalue weighted by atomic mass is 9.85. The predicted molar refractivity (Wildman–Crippen MR) is 142 cm³/mol. The first-order chi connectivity index (χ1) is 18.0. The Morgan fingerprint density at radius 1 is 1.11 bits per heavy atom. The molecular weight excluding hydrogens is 493 g/mol. The van der Waals surface area contributed by atoms with Crippen molar-refractivity contribution in [2.24, 2.45) is 5.92 Å². The van der Waals surface area contributed by atoms with Gasteiger partial charge in [0.2, 0.25) is 0 Å². The Bertz CT molecular complexity index is 1330. The zero-order chi connectivity index (χ0) is 25.5. The van der Waals surface area contributed by atoms with Gasteiger partial charge in [-0.3, -0.25) is 9.29 Å². The molecule has 1 N–H and O–H groups in total. The van der Waals surface area contributed by atoms with Crippen molar-refractivity contribution in [3.05, 3.63) is 87.9 Å². The number of hydrogen-bond acceptors (Lipinski definition) is 5. The number of alkyl halides is 1. The first kappa shape index (κ1) is 24.3. The maximum absolute atomic E-state index is 12.6. The van der Waals surface area contributed by atoms with E-state index >= 15 is 0 Å². The third-order valence-corrected chi connectivity index (χ3v) is 7.69. The molecule has 3 aromatic carbocycles. The van der Waals surface area contributed by atoms with E-state index in [0.717, 1.165) is 64.5 Å². The second-order valence-electron chi connectivity index (χ2n) is 9.98. The highest BCUT2D eigenvalue weighted by molar-refractivity contribution is 6.31. The zero-order valence-corrected chi connectivity index (χ0v) is 21.4. The van der Waals surface area contributed by atoms with E-state index in [1.165, 1.54) is 0 Å². The summed E-state index contributed by atoms with van der Waals surface area (Å²) < 4.78 is 30.6. The van der Waals surface area contributed by atoms with Crippen LogP contribution in [-0.4, -0.2) is 49.5 Å². The molecule has 1 unspecified atom stereocenters. The van der Waals surface area contributed by atoms with Crippen LogP contribution in [0.1, 0.15) is 41.4 Å². The first-order valence-electron chi connectivity index (χ1n) is 12.6. The van der Waals surface area contributed by atoms with Gasteiger partial charge in [0.15, 0.2) is 0 Å². The van der Waals surface area contributed by atoms with Crippen LogP contribution in [0.3, 0.4) is 0 Å². The number of nitrogens with zero attached hydrogens (tertiary/aromatic N) is 1. The Balaban J connectivity index is 1.27. The van der Waals surface area contributed by atoms with Crippen molar-refractivity contribution in [3.8, 4) is 17.2 Å². The number of epoxide rings is 1. The van der Waals surface area contributed by atoms with Crippen molar-refractivity contribution < 1.29 is 23.7 Å². The van der Waals surface area contributed by atoms with Crippen LogP contribution in [0.25, 0.3) is 11.1 Å². The largest absolute Gasteiger partial charge is 0.508 e. The highest BCUT2D eigenvalue weighted by atomic mass is 35.5. The van der Waals surface area contributed by atoms with Gasteiger partial charge < -0.3 is 19.3 Å². The lowest BCUT2D eigenvalue weighted by molar-refractivity contribution is 0.0668. The molecule has 192 valence electrons. The minimum absolute atomic E-state index is 0.0336. The van der Waals surface area contributed by atoms with E-state index in [1.807, 2.05) is 42.5 Å². The van der Waals surface area contributed by atoms with E-state index in [4.69, 9.17) is 25.8 Å². The van der Waals surface area contributed by atoms with Gasteiger partial charge in [0.1, 0.15) is 36.1 Å². The molecule has 0 amide bonds. The Morgan fingerprint density at radius 3 is 2.59 bits per heavy atom. The first-order valence-corrected chi connectivity index (χ1v) is 13.0. The molecule has 2 saturated heterocycles. The monoisotopic (exact) mass is 521 g/mol. The molecule has 0 bridgehead atoms. The van der Waals surface area contributed by atoms with Crippen molar-refractivity contribution >= 4 is 22.7 Å². The molecule has 3 aliphatic heterocycles. The third kappa shape index (κ3) is 4.93. The number of aromatic hydroxyl groups is 1. The van der Waals surface area contributed by atoms with Gasteiger partial charge in [-0.05, 0) is 60.0 Å². The minimum Gasteiger partial charge on any atom is -0.508 e. The fraction of sp³-hybridized carbons (Fsp3) is 0.333. The molecular formula is C30H29ClFNO4. The number of phenols is 1. The third-order valence-electron chi connectivity index (χ3n) is 7.36. The lowest BCUT2D eigenvalue weighted by Gasteiger charge is -2.37. The van der Waals surface area contributed by atoms with Gasteiger partial charge in [0.05, 0.1) is 18.3 Å². The average molecular weight is 522 g/mol. The summed E-state index contributed by atoms with van der Waals surface area (Å²) >= 11 is 6.59.